The summed E-state index contributed by atoms with van der Waals surface area (Å²) in [6, 6.07) is 6.26. The molecule has 190 valence electrons. The van der Waals surface area contributed by atoms with Crippen LogP contribution in [0.1, 0.15) is 64.3 Å². The van der Waals surface area contributed by atoms with E-state index in [9.17, 15) is 9.18 Å². The second kappa shape index (κ2) is 10.5. The van der Waals surface area contributed by atoms with Crippen LogP contribution in [0.25, 0.3) is 5.57 Å². The highest BCUT2D eigenvalue weighted by Gasteiger charge is 2.47. The van der Waals surface area contributed by atoms with Crippen molar-refractivity contribution in [3.63, 3.8) is 0 Å². The predicted molar refractivity (Wildman–Crippen MR) is 136 cm³/mol. The van der Waals surface area contributed by atoms with Gasteiger partial charge in [-0.3, -0.25) is 9.69 Å². The van der Waals surface area contributed by atoms with Crippen molar-refractivity contribution < 1.29 is 18.3 Å². The average Bonchev–Trinajstić information content (AvgIpc) is 2.74. The summed E-state index contributed by atoms with van der Waals surface area (Å²) in [4.78, 5) is 19.9. The molecule has 1 aromatic heterocycles. The number of hydrogen-bond acceptors (Lipinski definition) is 4. The van der Waals surface area contributed by atoms with Crippen molar-refractivity contribution in [1.82, 2.24) is 9.88 Å². The van der Waals surface area contributed by atoms with Crippen LogP contribution in [0.4, 0.5) is 8.78 Å². The van der Waals surface area contributed by atoms with E-state index in [-0.39, 0.29) is 33.9 Å². The molecule has 2 heterocycles. The van der Waals surface area contributed by atoms with Gasteiger partial charge in [-0.15, -0.1) is 0 Å². The molecule has 0 N–H and O–H groups in total. The second-order valence-electron chi connectivity index (χ2n) is 10.5. The topological polar surface area (TPSA) is 42.4 Å². The van der Waals surface area contributed by atoms with Crippen molar-refractivity contribution in [2.24, 2.45) is 5.41 Å². The lowest BCUT2D eigenvalue weighted by molar-refractivity contribution is -0.172. The zero-order chi connectivity index (χ0) is 26.1. The highest BCUT2D eigenvalue weighted by molar-refractivity contribution is 6.30. The van der Waals surface area contributed by atoms with E-state index in [1.807, 2.05) is 6.92 Å². The molecule has 2 atom stereocenters. The van der Waals surface area contributed by atoms with Crippen LogP contribution in [-0.4, -0.2) is 34.0 Å². The Morgan fingerprint density at radius 3 is 2.57 bits per heavy atom. The molecule has 1 aromatic carbocycles. The number of aromatic nitrogens is 1. The third-order valence-corrected chi connectivity index (χ3v) is 6.87. The van der Waals surface area contributed by atoms with E-state index in [0.29, 0.717) is 37.1 Å². The Morgan fingerprint density at radius 1 is 1.29 bits per heavy atom. The SMILES string of the molecule is C=C(C)c1cc(Cl)nc(C[C@@]2(C(=O)OC(C)(C)C)CCN(Cc3cccc(Cl)c3F)[C@H](C)C2)c1F. The molecule has 1 fully saturated rings. The standard InChI is InChI=1S/C27H32Cl2F2N2O2/c1-16(2)19-12-22(29)32-21(24(19)31)14-27(25(34)35-26(4,5)6)10-11-33(17(3)13-27)15-18-8-7-9-20(28)23(18)30/h7-9,12,17H,1,10-11,13-15H2,2-6H3/t17-,27-/m1/s1. The summed E-state index contributed by atoms with van der Waals surface area (Å²) in [6.07, 6.45) is 0.822. The van der Waals surface area contributed by atoms with E-state index in [1.165, 1.54) is 12.1 Å². The highest BCUT2D eigenvalue weighted by Crippen LogP contribution is 2.42. The number of likely N-dealkylation sites (tertiary alicyclic amines) is 1. The summed E-state index contributed by atoms with van der Waals surface area (Å²) in [5.74, 6) is -1.37. The van der Waals surface area contributed by atoms with Crippen molar-refractivity contribution >= 4 is 34.7 Å². The molecule has 0 radical (unpaired) electrons. The van der Waals surface area contributed by atoms with E-state index in [1.54, 1.807) is 39.8 Å². The maximum atomic E-state index is 15.4. The molecule has 0 saturated carbocycles. The van der Waals surface area contributed by atoms with Gasteiger partial charge < -0.3 is 4.74 Å². The van der Waals surface area contributed by atoms with Gasteiger partial charge in [0.25, 0.3) is 0 Å². The maximum Gasteiger partial charge on any atom is 0.313 e. The molecular formula is C27H32Cl2F2N2O2. The zero-order valence-corrected chi connectivity index (χ0v) is 22.4. The smallest absolute Gasteiger partial charge is 0.313 e. The van der Waals surface area contributed by atoms with Gasteiger partial charge in [-0.25, -0.2) is 13.8 Å². The van der Waals surface area contributed by atoms with E-state index in [0.717, 1.165) is 0 Å². The molecule has 1 aliphatic rings. The van der Waals surface area contributed by atoms with Crippen LogP contribution in [0.5, 0.6) is 0 Å². The van der Waals surface area contributed by atoms with Gasteiger partial charge in [0.05, 0.1) is 16.1 Å². The Kier molecular flexibility index (Phi) is 8.30. The number of pyridine rings is 1. The normalized spacial score (nSPS) is 21.1. The van der Waals surface area contributed by atoms with Gasteiger partial charge in [-0.05, 0) is 71.7 Å². The van der Waals surface area contributed by atoms with Crippen LogP contribution < -0.4 is 0 Å². The zero-order valence-electron chi connectivity index (χ0n) is 20.9. The fraction of sp³-hybridized carbons (Fsp3) is 0.481. The molecule has 0 aliphatic carbocycles. The van der Waals surface area contributed by atoms with Crippen molar-refractivity contribution in [2.45, 2.75) is 72.1 Å². The molecule has 35 heavy (non-hydrogen) atoms. The Morgan fingerprint density at radius 2 is 1.97 bits per heavy atom. The van der Waals surface area contributed by atoms with Crippen LogP contribution in [0.3, 0.4) is 0 Å². The molecule has 4 nitrogen and oxygen atoms in total. The maximum absolute atomic E-state index is 15.4. The van der Waals surface area contributed by atoms with Crippen molar-refractivity contribution in [1.29, 1.82) is 0 Å². The minimum atomic E-state index is -1.01. The number of carbonyl (C=O) groups is 1. The third kappa shape index (κ3) is 6.41. The lowest BCUT2D eigenvalue weighted by atomic mass is 9.71. The predicted octanol–water partition coefficient (Wildman–Crippen LogP) is 7.25. The lowest BCUT2D eigenvalue weighted by Crippen LogP contribution is -2.51. The Hall–Kier alpha value is -2.02. The number of piperidine rings is 1. The first kappa shape index (κ1) is 27.6. The van der Waals surface area contributed by atoms with Gasteiger partial charge in [0.2, 0.25) is 0 Å². The Balaban J connectivity index is 1.94. The third-order valence-electron chi connectivity index (χ3n) is 6.38. The number of benzene rings is 1. The van der Waals surface area contributed by atoms with Gasteiger partial charge in [0, 0.05) is 30.1 Å². The summed E-state index contributed by atoms with van der Waals surface area (Å²) >= 11 is 12.2. The highest BCUT2D eigenvalue weighted by atomic mass is 35.5. The minimum Gasteiger partial charge on any atom is -0.460 e. The van der Waals surface area contributed by atoms with E-state index in [4.69, 9.17) is 27.9 Å². The molecular weight excluding hydrogens is 493 g/mol. The number of halogens is 4. The first-order valence-electron chi connectivity index (χ1n) is 11.6. The largest absolute Gasteiger partial charge is 0.460 e. The number of nitrogens with zero attached hydrogens (tertiary/aromatic N) is 2. The average molecular weight is 525 g/mol. The van der Waals surface area contributed by atoms with Crippen LogP contribution in [0.15, 0.2) is 30.8 Å². The summed E-state index contributed by atoms with van der Waals surface area (Å²) < 4.78 is 35.7. The summed E-state index contributed by atoms with van der Waals surface area (Å²) in [5, 5.41) is 0.215. The van der Waals surface area contributed by atoms with Crippen molar-refractivity contribution in [3.8, 4) is 0 Å². The van der Waals surface area contributed by atoms with Crippen molar-refractivity contribution in [2.75, 3.05) is 6.54 Å². The fourth-order valence-corrected chi connectivity index (χ4v) is 5.01. The Labute approximate surface area is 216 Å². The molecule has 2 aromatic rings. The van der Waals surface area contributed by atoms with E-state index in [2.05, 4.69) is 16.5 Å². The number of rotatable bonds is 6. The molecule has 8 heteroatoms. The Bertz CT molecular complexity index is 1130. The molecule has 0 unspecified atom stereocenters. The molecule has 0 spiro atoms. The van der Waals surface area contributed by atoms with Gasteiger partial charge >= 0.3 is 5.97 Å². The van der Waals surface area contributed by atoms with Gasteiger partial charge in [0.1, 0.15) is 16.6 Å². The summed E-state index contributed by atoms with van der Waals surface area (Å²) in [7, 11) is 0. The molecule has 0 bridgehead atoms. The van der Waals surface area contributed by atoms with Gasteiger partial charge in [-0.2, -0.15) is 0 Å². The van der Waals surface area contributed by atoms with Gasteiger partial charge in [0.15, 0.2) is 5.82 Å². The number of allylic oxidation sites excluding steroid dienone is 1. The van der Waals surface area contributed by atoms with Crippen LogP contribution >= 0.6 is 23.2 Å². The summed E-state index contributed by atoms with van der Waals surface area (Å²) in [6.45, 7) is 13.7. The van der Waals surface area contributed by atoms with E-state index < -0.39 is 28.6 Å². The number of ether oxygens (including phenoxy) is 1. The second-order valence-corrected chi connectivity index (χ2v) is 11.3. The number of carbonyl (C=O) groups excluding carboxylic acids is 1. The number of esters is 1. The lowest BCUT2D eigenvalue weighted by Gasteiger charge is -2.45. The first-order chi connectivity index (χ1) is 16.2. The van der Waals surface area contributed by atoms with E-state index >= 15 is 4.39 Å². The van der Waals surface area contributed by atoms with Crippen LogP contribution in [-0.2, 0) is 22.5 Å². The summed E-state index contributed by atoms with van der Waals surface area (Å²) in [5.41, 5.74) is -0.323. The minimum absolute atomic E-state index is 0.0400. The van der Waals surface area contributed by atoms with Crippen LogP contribution in [0, 0.1) is 17.0 Å². The number of hydrogen-bond donors (Lipinski definition) is 0. The molecule has 1 saturated heterocycles. The van der Waals surface area contributed by atoms with Gasteiger partial charge in [-0.1, -0.05) is 41.9 Å². The molecule has 1 aliphatic heterocycles. The molecule has 3 rings (SSSR count). The monoisotopic (exact) mass is 524 g/mol. The van der Waals surface area contributed by atoms with Crippen LogP contribution in [0.2, 0.25) is 10.2 Å². The first-order valence-corrected chi connectivity index (χ1v) is 12.4. The fourth-order valence-electron chi connectivity index (χ4n) is 4.60. The van der Waals surface area contributed by atoms with Crippen molar-refractivity contribution in [3.05, 3.63) is 69.5 Å². The quantitative estimate of drug-likeness (QED) is 0.294. The molecule has 0 amide bonds.